The lowest BCUT2D eigenvalue weighted by atomic mass is 10.1. The molecule has 0 atom stereocenters. The Kier molecular flexibility index (Phi) is 10.4. The van der Waals surface area contributed by atoms with Gasteiger partial charge < -0.3 is 4.90 Å². The fourth-order valence-corrected chi connectivity index (χ4v) is 6.06. The highest BCUT2D eigenvalue weighted by Gasteiger charge is 2.16. The molecule has 40 heavy (non-hydrogen) atoms. The van der Waals surface area contributed by atoms with Crippen LogP contribution in [0.2, 0.25) is 0 Å². The van der Waals surface area contributed by atoms with Gasteiger partial charge in [-0.05, 0) is 89.9 Å². The number of aromatic nitrogens is 4. The molecule has 2 aromatic carbocycles. The minimum atomic E-state index is -0.0407. The SMILES string of the molecule is CC(C)n1nc(Br)c2ccc(CBr)cc2c1=O.CC(C)n1nc(Br)c2ccc(CN3CCN(C)CC3)cc2c1=O. The highest BCUT2D eigenvalue weighted by atomic mass is 79.9. The summed E-state index contributed by atoms with van der Waals surface area (Å²) in [7, 11) is 2.16. The Balaban J connectivity index is 0.000000194. The Morgan fingerprint density at radius 3 is 1.62 bits per heavy atom. The third-order valence-electron chi connectivity index (χ3n) is 7.02. The summed E-state index contributed by atoms with van der Waals surface area (Å²) >= 11 is 10.3. The smallest absolute Gasteiger partial charge is 0.274 e. The van der Waals surface area contributed by atoms with Crippen molar-refractivity contribution in [1.82, 2.24) is 29.4 Å². The predicted molar refractivity (Wildman–Crippen MR) is 174 cm³/mol. The van der Waals surface area contributed by atoms with Crippen LogP contribution < -0.4 is 11.1 Å². The summed E-state index contributed by atoms with van der Waals surface area (Å²) in [4.78, 5) is 29.7. The number of hydrogen-bond donors (Lipinski definition) is 0. The fourth-order valence-electron chi connectivity index (χ4n) is 4.68. The summed E-state index contributed by atoms with van der Waals surface area (Å²) in [5.41, 5.74) is 2.22. The summed E-state index contributed by atoms with van der Waals surface area (Å²) in [6.07, 6.45) is 0. The van der Waals surface area contributed by atoms with Crippen molar-refractivity contribution in [2.24, 2.45) is 0 Å². The van der Waals surface area contributed by atoms with Gasteiger partial charge in [0.05, 0.1) is 22.9 Å². The molecule has 0 spiro atoms. The molecule has 11 heteroatoms. The molecule has 4 aromatic rings. The first-order valence-corrected chi connectivity index (χ1v) is 16.1. The van der Waals surface area contributed by atoms with Crippen LogP contribution in [-0.4, -0.2) is 62.6 Å². The number of hydrogen-bond acceptors (Lipinski definition) is 6. The van der Waals surface area contributed by atoms with Gasteiger partial charge >= 0.3 is 0 Å². The van der Waals surface area contributed by atoms with Crippen LogP contribution in [0.15, 0.2) is 55.2 Å². The van der Waals surface area contributed by atoms with Crippen molar-refractivity contribution in [3.8, 4) is 0 Å². The number of nitrogens with zero attached hydrogens (tertiary/aromatic N) is 6. The Hall–Kier alpha value is -1.92. The van der Waals surface area contributed by atoms with Gasteiger partial charge in [0.1, 0.15) is 9.21 Å². The Labute approximate surface area is 259 Å². The molecule has 1 aliphatic heterocycles. The van der Waals surface area contributed by atoms with Crippen LogP contribution in [0.1, 0.15) is 50.9 Å². The lowest BCUT2D eigenvalue weighted by Crippen LogP contribution is -2.43. The van der Waals surface area contributed by atoms with E-state index in [9.17, 15) is 9.59 Å². The number of benzene rings is 2. The van der Waals surface area contributed by atoms with Gasteiger partial charge in [-0.3, -0.25) is 14.5 Å². The number of alkyl halides is 1. The molecule has 0 bridgehead atoms. The molecule has 0 amide bonds. The van der Waals surface area contributed by atoms with E-state index in [2.05, 4.69) is 80.9 Å². The molecule has 0 aliphatic carbocycles. The van der Waals surface area contributed by atoms with E-state index in [1.807, 2.05) is 58.0 Å². The zero-order valence-electron chi connectivity index (χ0n) is 23.5. The van der Waals surface area contributed by atoms with Crippen molar-refractivity contribution >= 4 is 69.3 Å². The maximum absolute atomic E-state index is 12.7. The van der Waals surface area contributed by atoms with Gasteiger partial charge in [-0.2, -0.15) is 10.2 Å². The quantitative estimate of drug-likeness (QED) is 0.230. The van der Waals surface area contributed by atoms with Crippen molar-refractivity contribution in [1.29, 1.82) is 0 Å². The standard InChI is InChI=1S/C17H23BrN4O.C12H12Br2N2O/c1-12(2)22-17(23)15-10-13(4-5-14(15)16(18)19-22)11-21-8-6-20(3)7-9-21;1-7(2)16-12(17)10-5-8(6-13)3-4-9(10)11(14)15-16/h4-5,10,12H,6-9,11H2,1-3H3;3-5,7H,6H2,1-2H3. The molecule has 0 radical (unpaired) electrons. The first-order valence-electron chi connectivity index (χ1n) is 13.4. The van der Waals surface area contributed by atoms with Crippen LogP contribution in [0.3, 0.4) is 0 Å². The van der Waals surface area contributed by atoms with E-state index in [0.29, 0.717) is 9.99 Å². The van der Waals surface area contributed by atoms with E-state index in [1.165, 1.54) is 10.2 Å². The maximum atomic E-state index is 12.7. The zero-order valence-corrected chi connectivity index (χ0v) is 28.3. The first-order chi connectivity index (χ1) is 19.0. The second kappa shape index (κ2) is 13.4. The van der Waals surface area contributed by atoms with Gasteiger partial charge in [-0.1, -0.05) is 40.2 Å². The molecule has 3 heterocycles. The van der Waals surface area contributed by atoms with Crippen molar-refractivity contribution in [2.75, 3.05) is 33.2 Å². The molecular formula is C29H35Br3N6O2. The highest BCUT2D eigenvalue weighted by molar-refractivity contribution is 9.11. The van der Waals surface area contributed by atoms with Crippen LogP contribution in [0.5, 0.6) is 0 Å². The van der Waals surface area contributed by atoms with Crippen molar-refractivity contribution in [2.45, 2.75) is 51.7 Å². The molecule has 1 saturated heterocycles. The highest BCUT2D eigenvalue weighted by Crippen LogP contribution is 2.23. The Morgan fingerprint density at radius 2 is 1.18 bits per heavy atom. The molecule has 2 aromatic heterocycles. The lowest BCUT2D eigenvalue weighted by molar-refractivity contribution is 0.148. The fraction of sp³-hybridized carbons (Fsp3) is 0.448. The van der Waals surface area contributed by atoms with Crippen molar-refractivity contribution < 1.29 is 0 Å². The molecule has 1 aliphatic rings. The predicted octanol–water partition coefficient (Wildman–Crippen LogP) is 6.12. The van der Waals surface area contributed by atoms with E-state index in [-0.39, 0.29) is 23.2 Å². The summed E-state index contributed by atoms with van der Waals surface area (Å²) in [5, 5.41) is 12.6. The van der Waals surface area contributed by atoms with Crippen LogP contribution in [-0.2, 0) is 11.9 Å². The second-order valence-corrected chi connectivity index (χ2v) is 12.8. The average Bonchev–Trinajstić information content (AvgIpc) is 2.93. The minimum Gasteiger partial charge on any atom is -0.304 e. The molecule has 0 N–H and O–H groups in total. The molecule has 1 fully saturated rings. The molecule has 8 nitrogen and oxygen atoms in total. The van der Waals surface area contributed by atoms with Crippen LogP contribution in [0.4, 0.5) is 0 Å². The number of halogens is 3. The first kappa shape index (κ1) is 31.0. The second-order valence-electron chi connectivity index (χ2n) is 10.7. The van der Waals surface area contributed by atoms with Gasteiger partial charge in [0.15, 0.2) is 0 Å². The number of piperazine rings is 1. The number of rotatable bonds is 5. The van der Waals surface area contributed by atoms with Gasteiger partial charge in [-0.15, -0.1) is 0 Å². The number of fused-ring (bicyclic) bond motifs is 2. The Morgan fingerprint density at radius 1 is 0.725 bits per heavy atom. The largest absolute Gasteiger partial charge is 0.304 e. The molecule has 5 rings (SSSR count). The normalized spacial score (nSPS) is 14.8. The van der Waals surface area contributed by atoms with Gasteiger partial charge in [0.2, 0.25) is 0 Å². The van der Waals surface area contributed by atoms with E-state index < -0.39 is 0 Å². The zero-order chi connectivity index (χ0) is 29.1. The Bertz CT molecular complexity index is 1620. The summed E-state index contributed by atoms with van der Waals surface area (Å²) in [6, 6.07) is 12.1. The topological polar surface area (TPSA) is 76.3 Å². The third-order valence-corrected chi connectivity index (χ3v) is 8.83. The summed E-state index contributed by atoms with van der Waals surface area (Å²) < 4.78 is 4.49. The molecular weight excluding hydrogens is 704 g/mol. The van der Waals surface area contributed by atoms with E-state index in [0.717, 1.165) is 64.4 Å². The number of likely N-dealkylation sites (N-methyl/N-ethyl adjacent to an activating group) is 1. The van der Waals surface area contributed by atoms with E-state index in [4.69, 9.17) is 0 Å². The monoisotopic (exact) mass is 736 g/mol. The lowest BCUT2D eigenvalue weighted by Gasteiger charge is -2.32. The summed E-state index contributed by atoms with van der Waals surface area (Å²) in [5.74, 6) is 0. The summed E-state index contributed by atoms with van der Waals surface area (Å²) in [6.45, 7) is 13.1. The average molecular weight is 739 g/mol. The molecule has 214 valence electrons. The third kappa shape index (κ3) is 6.92. The molecule has 0 saturated carbocycles. The van der Waals surface area contributed by atoms with Gasteiger partial charge in [0, 0.05) is 48.8 Å². The molecule has 0 unspecified atom stereocenters. The van der Waals surface area contributed by atoms with Gasteiger partial charge in [-0.25, -0.2) is 9.36 Å². The van der Waals surface area contributed by atoms with Crippen LogP contribution in [0.25, 0.3) is 21.5 Å². The van der Waals surface area contributed by atoms with E-state index in [1.54, 1.807) is 4.68 Å². The minimum absolute atomic E-state index is 0.0153. The van der Waals surface area contributed by atoms with Crippen molar-refractivity contribution in [3.05, 3.63) is 77.4 Å². The van der Waals surface area contributed by atoms with Crippen molar-refractivity contribution in [3.63, 3.8) is 0 Å². The van der Waals surface area contributed by atoms with Crippen LogP contribution in [0, 0.1) is 0 Å². The maximum Gasteiger partial charge on any atom is 0.274 e. The van der Waals surface area contributed by atoms with E-state index >= 15 is 0 Å². The van der Waals surface area contributed by atoms with Crippen LogP contribution >= 0.6 is 47.8 Å². The van der Waals surface area contributed by atoms with Gasteiger partial charge in [0.25, 0.3) is 11.1 Å².